The van der Waals surface area contributed by atoms with Crippen molar-refractivity contribution in [3.63, 3.8) is 0 Å². The first kappa shape index (κ1) is 29.9. The van der Waals surface area contributed by atoms with Crippen molar-refractivity contribution >= 4 is 42.6 Å². The van der Waals surface area contributed by atoms with Crippen molar-refractivity contribution in [2.45, 2.75) is 87.0 Å². The van der Waals surface area contributed by atoms with Crippen LogP contribution in [0.4, 0.5) is 8.78 Å². The Morgan fingerprint density at radius 2 is 1.68 bits per heavy atom. The Hall–Kier alpha value is -2.60. The number of carbonyl (C=O) groups is 1. The standard InChI is InChI=1S/C30H34BrF2N3O4S/c1-3-18(2)40-26-12-4-20-15-27(13-5-19(20)14-26)41(38,39)35-28(30(32,33)21-6-8-22(31)9-7-21)29(37)36-24-10-11-25(36)17-23(34)16-24/h4-9,12-15,18,23-25,28,35H,3,10-11,16-17,34H2,1-2H3/t18-,23?,24?,25?,28+/m0/s1. The molecule has 2 aliphatic heterocycles. The third-order valence-electron chi connectivity index (χ3n) is 8.14. The first-order valence-corrected chi connectivity index (χ1v) is 16.1. The van der Waals surface area contributed by atoms with E-state index >= 15 is 8.78 Å². The lowest BCUT2D eigenvalue weighted by atomic mass is 9.95. The van der Waals surface area contributed by atoms with Gasteiger partial charge < -0.3 is 15.4 Å². The number of nitrogens with one attached hydrogen (secondary N) is 1. The molecule has 7 nitrogen and oxygen atoms in total. The third-order valence-corrected chi connectivity index (χ3v) is 10.1. The fourth-order valence-corrected chi connectivity index (χ4v) is 7.32. The van der Waals surface area contributed by atoms with E-state index in [1.807, 2.05) is 13.8 Å². The van der Waals surface area contributed by atoms with Gasteiger partial charge in [0.15, 0.2) is 6.04 Å². The molecule has 0 saturated carbocycles. The van der Waals surface area contributed by atoms with Crippen molar-refractivity contribution in [2.75, 3.05) is 0 Å². The molecule has 0 radical (unpaired) electrons. The molecule has 4 atom stereocenters. The van der Waals surface area contributed by atoms with Crippen molar-refractivity contribution in [3.05, 3.63) is 70.7 Å². The summed E-state index contributed by atoms with van der Waals surface area (Å²) >= 11 is 3.24. The van der Waals surface area contributed by atoms with Crippen molar-refractivity contribution in [1.29, 1.82) is 0 Å². The number of carbonyl (C=O) groups excluding carboxylic acids is 1. The maximum atomic E-state index is 16.2. The number of alkyl halides is 2. The lowest BCUT2D eigenvalue weighted by Gasteiger charge is -2.41. The Labute approximate surface area is 247 Å². The molecule has 3 aromatic rings. The Balaban J connectivity index is 1.49. The van der Waals surface area contributed by atoms with Gasteiger partial charge in [-0.05, 0) is 86.2 Å². The fourth-order valence-electron chi connectivity index (χ4n) is 5.83. The minimum atomic E-state index is -4.54. The van der Waals surface area contributed by atoms with E-state index in [4.69, 9.17) is 10.5 Å². The van der Waals surface area contributed by atoms with Crippen LogP contribution in [0.2, 0.25) is 0 Å². The number of nitrogens with two attached hydrogens (primary N) is 1. The summed E-state index contributed by atoms with van der Waals surface area (Å²) in [5, 5.41) is 1.33. The van der Waals surface area contributed by atoms with Crippen LogP contribution < -0.4 is 15.2 Å². The van der Waals surface area contributed by atoms with Gasteiger partial charge in [0.1, 0.15) is 5.75 Å². The molecule has 2 saturated heterocycles. The van der Waals surface area contributed by atoms with Gasteiger partial charge in [0, 0.05) is 28.2 Å². The SMILES string of the molecule is CC[C@H](C)Oc1ccc2cc(S(=O)(=O)N[C@H](C(=O)N3C4CCC3CC(N)C4)C(F)(F)c3ccc(Br)cc3)ccc2c1. The van der Waals surface area contributed by atoms with E-state index < -0.39 is 33.5 Å². The summed E-state index contributed by atoms with van der Waals surface area (Å²) in [6.07, 6.45) is 3.15. The molecule has 3 N–H and O–H groups in total. The molecule has 2 bridgehead atoms. The summed E-state index contributed by atoms with van der Waals surface area (Å²) in [6, 6.07) is 11.8. The van der Waals surface area contributed by atoms with Crippen LogP contribution in [0.15, 0.2) is 70.0 Å². The van der Waals surface area contributed by atoms with E-state index in [1.54, 1.807) is 24.3 Å². The summed E-state index contributed by atoms with van der Waals surface area (Å²) in [4.78, 5) is 15.1. The maximum Gasteiger partial charge on any atom is 0.298 e. The Morgan fingerprint density at radius 1 is 1.07 bits per heavy atom. The smallest absolute Gasteiger partial charge is 0.298 e. The molecule has 41 heavy (non-hydrogen) atoms. The minimum Gasteiger partial charge on any atom is -0.491 e. The molecule has 0 spiro atoms. The molecular formula is C30H34BrF2N3O4S. The summed E-state index contributed by atoms with van der Waals surface area (Å²) in [6.45, 7) is 3.97. The number of halogens is 3. The highest BCUT2D eigenvalue weighted by Crippen LogP contribution is 2.40. The molecule has 220 valence electrons. The van der Waals surface area contributed by atoms with Crippen LogP contribution in [0.25, 0.3) is 10.8 Å². The Bertz CT molecular complexity index is 1520. The predicted molar refractivity (Wildman–Crippen MR) is 157 cm³/mol. The van der Waals surface area contributed by atoms with E-state index in [0.717, 1.165) is 11.8 Å². The van der Waals surface area contributed by atoms with Crippen LogP contribution in [0.3, 0.4) is 0 Å². The molecule has 2 fully saturated rings. The average molecular weight is 651 g/mol. The first-order chi connectivity index (χ1) is 19.4. The van der Waals surface area contributed by atoms with Crippen LogP contribution in [0.5, 0.6) is 5.75 Å². The van der Waals surface area contributed by atoms with E-state index in [0.29, 0.717) is 41.3 Å². The number of hydrogen-bond donors (Lipinski definition) is 2. The van der Waals surface area contributed by atoms with Crippen LogP contribution >= 0.6 is 15.9 Å². The van der Waals surface area contributed by atoms with Crippen LogP contribution in [-0.4, -0.2) is 49.5 Å². The van der Waals surface area contributed by atoms with Gasteiger partial charge in [-0.3, -0.25) is 4.79 Å². The van der Waals surface area contributed by atoms with Gasteiger partial charge in [0.2, 0.25) is 15.9 Å². The lowest BCUT2D eigenvalue weighted by molar-refractivity contribution is -0.149. The van der Waals surface area contributed by atoms with Crippen LogP contribution in [-0.2, 0) is 20.7 Å². The van der Waals surface area contributed by atoms with Gasteiger partial charge in [-0.25, -0.2) is 8.42 Å². The molecule has 1 amide bonds. The van der Waals surface area contributed by atoms with Crippen molar-refractivity contribution in [1.82, 2.24) is 9.62 Å². The largest absolute Gasteiger partial charge is 0.491 e. The van der Waals surface area contributed by atoms with Crippen molar-refractivity contribution in [2.24, 2.45) is 5.73 Å². The van der Waals surface area contributed by atoms with Crippen LogP contribution in [0.1, 0.15) is 51.5 Å². The van der Waals surface area contributed by atoms with Gasteiger partial charge >= 0.3 is 0 Å². The number of fused-ring (bicyclic) bond motifs is 3. The van der Waals surface area contributed by atoms with E-state index in [1.165, 1.54) is 41.3 Å². The summed E-state index contributed by atoms with van der Waals surface area (Å²) < 4.78 is 68.1. The molecule has 2 unspecified atom stereocenters. The van der Waals surface area contributed by atoms with E-state index in [2.05, 4.69) is 20.7 Å². The number of piperidine rings is 1. The number of ether oxygens (including phenoxy) is 1. The van der Waals surface area contributed by atoms with E-state index in [-0.39, 0.29) is 29.1 Å². The number of sulfonamides is 1. The molecule has 3 aromatic carbocycles. The van der Waals surface area contributed by atoms with Gasteiger partial charge in [-0.15, -0.1) is 0 Å². The van der Waals surface area contributed by atoms with E-state index in [9.17, 15) is 13.2 Å². The highest BCUT2D eigenvalue weighted by Gasteiger charge is 2.53. The number of amides is 1. The van der Waals surface area contributed by atoms with Crippen LogP contribution in [0, 0.1) is 0 Å². The van der Waals surface area contributed by atoms with Gasteiger partial charge in [-0.1, -0.05) is 47.1 Å². The first-order valence-electron chi connectivity index (χ1n) is 13.8. The number of benzene rings is 3. The predicted octanol–water partition coefficient (Wildman–Crippen LogP) is 5.70. The maximum absolute atomic E-state index is 16.2. The second-order valence-corrected chi connectivity index (χ2v) is 13.7. The quantitative estimate of drug-likeness (QED) is 0.310. The molecule has 5 rings (SSSR count). The zero-order valence-corrected chi connectivity index (χ0v) is 25.3. The highest BCUT2D eigenvalue weighted by molar-refractivity contribution is 9.10. The topological polar surface area (TPSA) is 102 Å². The molecule has 2 heterocycles. The fraction of sp³-hybridized carbons (Fsp3) is 0.433. The Morgan fingerprint density at radius 3 is 2.32 bits per heavy atom. The highest BCUT2D eigenvalue weighted by atomic mass is 79.9. The zero-order valence-electron chi connectivity index (χ0n) is 22.9. The third kappa shape index (κ3) is 6.14. The van der Waals surface area contributed by atoms with Gasteiger partial charge in [-0.2, -0.15) is 13.5 Å². The van der Waals surface area contributed by atoms with Gasteiger partial charge in [0.25, 0.3) is 5.92 Å². The monoisotopic (exact) mass is 649 g/mol. The molecule has 2 aliphatic rings. The number of hydrogen-bond acceptors (Lipinski definition) is 5. The number of nitrogens with zero attached hydrogens (tertiary/aromatic N) is 1. The Kier molecular flexibility index (Phi) is 8.44. The molecule has 0 aromatic heterocycles. The van der Waals surface area contributed by atoms with Gasteiger partial charge in [0.05, 0.1) is 11.0 Å². The lowest BCUT2D eigenvalue weighted by Crippen LogP contribution is -2.60. The summed E-state index contributed by atoms with van der Waals surface area (Å²) in [7, 11) is -4.54. The average Bonchev–Trinajstić information content (AvgIpc) is 3.21. The molecule has 11 heteroatoms. The molecule has 0 aliphatic carbocycles. The molecular weight excluding hydrogens is 616 g/mol. The summed E-state index contributed by atoms with van der Waals surface area (Å²) in [5.41, 5.74) is 5.68. The van der Waals surface area contributed by atoms with Crippen molar-refractivity contribution in [3.8, 4) is 5.75 Å². The second kappa shape index (κ2) is 11.6. The van der Waals surface area contributed by atoms with Crippen molar-refractivity contribution < 1.29 is 26.7 Å². The zero-order chi connectivity index (χ0) is 29.5. The summed E-state index contributed by atoms with van der Waals surface area (Å²) in [5.74, 6) is -4.12. The second-order valence-electron chi connectivity index (χ2n) is 11.1. The minimum absolute atomic E-state index is 0.0176. The normalized spacial score (nSPS) is 22.5. The number of rotatable bonds is 9.